The SMILES string of the molecule is C=CCn1c(=O)c2c(ncn2Cc2ccc(C(F)(F)F)cc2)n(-c2ccc(Cl)cc2)c1=O. The Morgan fingerprint density at radius 2 is 1.69 bits per heavy atom. The summed E-state index contributed by atoms with van der Waals surface area (Å²) in [6, 6.07) is 11.1. The van der Waals surface area contributed by atoms with E-state index in [1.165, 1.54) is 33.7 Å². The summed E-state index contributed by atoms with van der Waals surface area (Å²) in [6.45, 7) is 3.67. The van der Waals surface area contributed by atoms with Crippen LogP contribution in [0.5, 0.6) is 0 Å². The monoisotopic (exact) mass is 460 g/mol. The quantitative estimate of drug-likeness (QED) is 0.418. The van der Waals surface area contributed by atoms with Crippen molar-refractivity contribution in [2.24, 2.45) is 0 Å². The third-order valence-corrected chi connectivity index (χ3v) is 5.18. The van der Waals surface area contributed by atoms with Crippen LogP contribution in [-0.4, -0.2) is 18.7 Å². The summed E-state index contributed by atoms with van der Waals surface area (Å²) in [6.07, 6.45) is -1.63. The van der Waals surface area contributed by atoms with Crippen LogP contribution in [0.15, 0.2) is 77.1 Å². The van der Waals surface area contributed by atoms with E-state index >= 15 is 0 Å². The van der Waals surface area contributed by atoms with E-state index in [-0.39, 0.29) is 24.3 Å². The second kappa shape index (κ2) is 8.16. The third-order valence-electron chi connectivity index (χ3n) is 4.93. The first-order valence-corrected chi connectivity index (χ1v) is 9.82. The molecule has 32 heavy (non-hydrogen) atoms. The van der Waals surface area contributed by atoms with Gasteiger partial charge in [-0.25, -0.2) is 14.3 Å². The summed E-state index contributed by atoms with van der Waals surface area (Å²) >= 11 is 5.95. The lowest BCUT2D eigenvalue weighted by Gasteiger charge is -2.12. The second-order valence-electron chi connectivity index (χ2n) is 7.04. The molecule has 0 aliphatic carbocycles. The Hall–Kier alpha value is -3.59. The minimum atomic E-state index is -4.44. The Labute approximate surface area is 184 Å². The Bertz CT molecular complexity index is 1420. The lowest BCUT2D eigenvalue weighted by atomic mass is 10.1. The molecule has 0 bridgehead atoms. The number of hydrogen-bond donors (Lipinski definition) is 0. The van der Waals surface area contributed by atoms with Gasteiger partial charge in [0.05, 0.1) is 17.6 Å². The summed E-state index contributed by atoms with van der Waals surface area (Å²) < 4.78 is 42.3. The maximum Gasteiger partial charge on any atom is 0.416 e. The molecule has 0 spiro atoms. The van der Waals surface area contributed by atoms with Gasteiger partial charge in [0, 0.05) is 18.1 Å². The largest absolute Gasteiger partial charge is 0.416 e. The van der Waals surface area contributed by atoms with Gasteiger partial charge in [0.2, 0.25) is 0 Å². The zero-order chi connectivity index (χ0) is 23.0. The average molecular weight is 461 g/mol. The molecule has 0 aliphatic heterocycles. The Morgan fingerprint density at radius 3 is 2.28 bits per heavy atom. The van der Waals surface area contributed by atoms with Crippen molar-refractivity contribution in [1.82, 2.24) is 18.7 Å². The fourth-order valence-electron chi connectivity index (χ4n) is 3.41. The zero-order valence-corrected chi connectivity index (χ0v) is 17.3. The van der Waals surface area contributed by atoms with Gasteiger partial charge in [-0.1, -0.05) is 29.8 Å². The molecule has 4 aromatic rings. The van der Waals surface area contributed by atoms with Crippen LogP contribution in [0.25, 0.3) is 16.9 Å². The lowest BCUT2D eigenvalue weighted by Crippen LogP contribution is -2.39. The highest BCUT2D eigenvalue weighted by molar-refractivity contribution is 6.30. The van der Waals surface area contributed by atoms with Crippen molar-refractivity contribution < 1.29 is 13.2 Å². The van der Waals surface area contributed by atoms with Crippen LogP contribution >= 0.6 is 11.6 Å². The van der Waals surface area contributed by atoms with E-state index in [4.69, 9.17) is 11.6 Å². The van der Waals surface area contributed by atoms with Crippen LogP contribution in [0.4, 0.5) is 13.2 Å². The normalized spacial score (nSPS) is 11.8. The average Bonchev–Trinajstić information content (AvgIpc) is 3.15. The number of rotatable bonds is 5. The van der Waals surface area contributed by atoms with Crippen molar-refractivity contribution in [3.63, 3.8) is 0 Å². The van der Waals surface area contributed by atoms with Crippen LogP contribution in [0.2, 0.25) is 5.02 Å². The van der Waals surface area contributed by atoms with Gasteiger partial charge < -0.3 is 4.57 Å². The minimum Gasteiger partial charge on any atom is -0.320 e. The maximum absolute atomic E-state index is 13.1. The first-order valence-electron chi connectivity index (χ1n) is 9.44. The van der Waals surface area contributed by atoms with E-state index < -0.39 is 23.0 Å². The highest BCUT2D eigenvalue weighted by Gasteiger charge is 2.30. The van der Waals surface area contributed by atoms with E-state index in [0.29, 0.717) is 16.3 Å². The molecule has 0 fully saturated rings. The number of alkyl halides is 3. The Kier molecular flexibility index (Phi) is 5.52. The molecule has 164 valence electrons. The van der Waals surface area contributed by atoms with Gasteiger partial charge in [-0.3, -0.25) is 9.36 Å². The molecule has 0 N–H and O–H groups in total. The number of allylic oxidation sites excluding steroid dienone is 1. The molecule has 0 atom stereocenters. The predicted octanol–water partition coefficient (Wildman–Crippen LogP) is 4.26. The fourth-order valence-corrected chi connectivity index (χ4v) is 3.53. The smallest absolute Gasteiger partial charge is 0.320 e. The van der Waals surface area contributed by atoms with Crippen molar-refractivity contribution in [2.75, 3.05) is 0 Å². The Balaban J connectivity index is 1.89. The molecular weight excluding hydrogens is 445 g/mol. The summed E-state index contributed by atoms with van der Waals surface area (Å²) in [5, 5.41) is 0.477. The molecule has 0 unspecified atom stereocenters. The summed E-state index contributed by atoms with van der Waals surface area (Å²) in [5.74, 6) is 0. The van der Waals surface area contributed by atoms with Crippen LogP contribution in [-0.2, 0) is 19.3 Å². The van der Waals surface area contributed by atoms with Gasteiger partial charge in [-0.15, -0.1) is 6.58 Å². The number of benzene rings is 2. The fraction of sp³-hybridized carbons (Fsp3) is 0.136. The van der Waals surface area contributed by atoms with E-state index in [9.17, 15) is 22.8 Å². The van der Waals surface area contributed by atoms with Crippen molar-refractivity contribution in [1.29, 1.82) is 0 Å². The molecule has 0 amide bonds. The molecule has 0 aliphatic rings. The summed E-state index contributed by atoms with van der Waals surface area (Å²) in [4.78, 5) is 30.4. The van der Waals surface area contributed by atoms with E-state index in [1.54, 1.807) is 24.3 Å². The van der Waals surface area contributed by atoms with Crippen molar-refractivity contribution in [2.45, 2.75) is 19.3 Å². The molecule has 2 aromatic heterocycles. The number of fused-ring (bicyclic) bond motifs is 1. The lowest BCUT2D eigenvalue weighted by molar-refractivity contribution is -0.137. The molecule has 10 heteroatoms. The van der Waals surface area contributed by atoms with E-state index in [2.05, 4.69) is 11.6 Å². The Morgan fingerprint density at radius 1 is 1.03 bits per heavy atom. The summed E-state index contributed by atoms with van der Waals surface area (Å²) in [7, 11) is 0. The molecule has 4 rings (SSSR count). The van der Waals surface area contributed by atoms with Crippen molar-refractivity contribution in [3.8, 4) is 5.69 Å². The maximum atomic E-state index is 13.1. The van der Waals surface area contributed by atoms with Gasteiger partial charge >= 0.3 is 11.9 Å². The summed E-state index contributed by atoms with van der Waals surface area (Å²) in [5.41, 5.74) is -0.653. The van der Waals surface area contributed by atoms with Gasteiger partial charge in [-0.2, -0.15) is 13.2 Å². The van der Waals surface area contributed by atoms with Gasteiger partial charge in [0.1, 0.15) is 0 Å². The first kappa shape index (κ1) is 21.6. The highest BCUT2D eigenvalue weighted by Crippen LogP contribution is 2.29. The van der Waals surface area contributed by atoms with Crippen molar-refractivity contribution >= 4 is 22.8 Å². The first-order chi connectivity index (χ1) is 15.2. The molecule has 2 aromatic carbocycles. The van der Waals surface area contributed by atoms with E-state index in [0.717, 1.165) is 16.7 Å². The van der Waals surface area contributed by atoms with Gasteiger partial charge in [-0.05, 0) is 42.0 Å². The molecule has 0 saturated heterocycles. The molecular formula is C22H16ClF3N4O2. The number of imidazole rings is 1. The predicted molar refractivity (Wildman–Crippen MR) is 115 cm³/mol. The third kappa shape index (κ3) is 3.87. The second-order valence-corrected chi connectivity index (χ2v) is 7.47. The van der Waals surface area contributed by atoms with Gasteiger partial charge in [0.15, 0.2) is 11.2 Å². The van der Waals surface area contributed by atoms with Crippen LogP contribution < -0.4 is 11.2 Å². The minimum absolute atomic E-state index is 0.0212. The molecule has 6 nitrogen and oxygen atoms in total. The van der Waals surface area contributed by atoms with E-state index in [1.807, 2.05) is 0 Å². The van der Waals surface area contributed by atoms with Crippen LogP contribution in [0.1, 0.15) is 11.1 Å². The molecule has 0 saturated carbocycles. The number of aromatic nitrogens is 4. The highest BCUT2D eigenvalue weighted by atomic mass is 35.5. The van der Waals surface area contributed by atoms with Gasteiger partial charge in [0.25, 0.3) is 5.56 Å². The molecule has 0 radical (unpaired) electrons. The number of hydrogen-bond acceptors (Lipinski definition) is 3. The van der Waals surface area contributed by atoms with Crippen LogP contribution in [0, 0.1) is 0 Å². The topological polar surface area (TPSA) is 61.8 Å². The van der Waals surface area contributed by atoms with Crippen molar-refractivity contribution in [3.05, 3.63) is 105 Å². The number of nitrogens with zero attached hydrogens (tertiary/aromatic N) is 4. The van der Waals surface area contributed by atoms with Crippen LogP contribution in [0.3, 0.4) is 0 Å². The zero-order valence-electron chi connectivity index (χ0n) is 16.5. The standard InChI is InChI=1S/C22H16ClF3N4O2/c1-2-11-29-20(31)18-19(30(21(29)32)17-9-7-16(23)8-10-17)27-13-28(18)12-14-3-5-15(6-4-14)22(24,25)26/h2-10,13H,1,11-12H2. The molecule has 2 heterocycles. The number of halogens is 4.